The van der Waals surface area contributed by atoms with Crippen molar-refractivity contribution in [3.63, 3.8) is 0 Å². The highest BCUT2D eigenvalue weighted by atomic mass is 31.2. The minimum atomic E-state index is -4.97. The lowest BCUT2D eigenvalue weighted by atomic mass is 10.0. The molecule has 0 aliphatic heterocycles. The number of hydrogen-bond acceptors (Lipinski definition) is 15. The number of phosphoric ester groups is 2. The van der Waals surface area contributed by atoms with Gasteiger partial charge in [-0.2, -0.15) is 0 Å². The Morgan fingerprint density at radius 3 is 0.630 bits per heavy atom. The average molecular weight is 1580 g/mol. The number of ether oxygens (including phenoxy) is 4. The van der Waals surface area contributed by atoms with Gasteiger partial charge in [0.15, 0.2) is 12.2 Å². The van der Waals surface area contributed by atoms with Crippen molar-refractivity contribution < 1.29 is 80.2 Å². The molecule has 19 heteroatoms. The molecule has 0 radical (unpaired) electrons. The topological polar surface area (TPSA) is 237 Å². The van der Waals surface area contributed by atoms with Crippen LogP contribution < -0.4 is 0 Å². The summed E-state index contributed by atoms with van der Waals surface area (Å²) in [6, 6.07) is 0. The molecule has 2 unspecified atom stereocenters. The van der Waals surface area contributed by atoms with Crippen LogP contribution >= 0.6 is 15.6 Å². The van der Waals surface area contributed by atoms with E-state index < -0.39 is 97.5 Å². The lowest BCUT2D eigenvalue weighted by Crippen LogP contribution is -2.30. The Kier molecular flexibility index (Phi) is 77.5. The van der Waals surface area contributed by atoms with Gasteiger partial charge >= 0.3 is 39.5 Å². The summed E-state index contributed by atoms with van der Waals surface area (Å²) in [7, 11) is -9.93. The molecular weight excluding hydrogens is 1400 g/mol. The number of hydrogen-bond donors (Lipinski definition) is 3. The van der Waals surface area contributed by atoms with Gasteiger partial charge < -0.3 is 33.8 Å². The first kappa shape index (κ1) is 106. The molecule has 0 rings (SSSR count). The predicted octanol–water partition coefficient (Wildman–Crippen LogP) is 27.3. The van der Waals surface area contributed by atoms with Crippen LogP contribution in [-0.4, -0.2) is 96.7 Å². The molecule has 0 saturated carbocycles. The molecule has 5 atom stereocenters. The van der Waals surface area contributed by atoms with Gasteiger partial charge in [0.25, 0.3) is 0 Å². The number of rotatable bonds is 87. The molecule has 0 saturated heterocycles. The summed E-state index contributed by atoms with van der Waals surface area (Å²) in [4.78, 5) is 73.3. The van der Waals surface area contributed by atoms with Crippen LogP contribution in [0.4, 0.5) is 0 Å². The molecule has 0 aromatic heterocycles. The first-order valence-electron chi connectivity index (χ1n) is 45.8. The van der Waals surface area contributed by atoms with Gasteiger partial charge in [-0.3, -0.25) is 37.3 Å². The highest BCUT2D eigenvalue weighted by Crippen LogP contribution is 2.45. The summed E-state index contributed by atoms with van der Waals surface area (Å²) in [6.07, 6.45) is 71.0. The maximum atomic E-state index is 13.2. The molecule has 0 spiro atoms. The van der Waals surface area contributed by atoms with Gasteiger partial charge in [0.1, 0.15) is 19.3 Å². The smallest absolute Gasteiger partial charge is 0.462 e. The van der Waals surface area contributed by atoms with Crippen molar-refractivity contribution in [2.24, 2.45) is 17.8 Å². The Morgan fingerprint density at radius 1 is 0.250 bits per heavy atom. The number of esters is 4. The van der Waals surface area contributed by atoms with E-state index >= 15 is 0 Å². The Labute approximate surface area is 664 Å². The van der Waals surface area contributed by atoms with Crippen LogP contribution in [0.2, 0.25) is 0 Å². The first-order valence-corrected chi connectivity index (χ1v) is 48.8. The Balaban J connectivity index is 5.23. The van der Waals surface area contributed by atoms with Crippen molar-refractivity contribution in [3.8, 4) is 0 Å². The van der Waals surface area contributed by atoms with Crippen molar-refractivity contribution >= 4 is 39.5 Å². The maximum Gasteiger partial charge on any atom is 0.472 e. The van der Waals surface area contributed by atoms with Gasteiger partial charge in [0, 0.05) is 25.7 Å². The second-order valence-electron chi connectivity index (χ2n) is 33.4. The van der Waals surface area contributed by atoms with E-state index in [0.29, 0.717) is 25.7 Å². The molecule has 17 nitrogen and oxygen atoms in total. The lowest BCUT2D eigenvalue weighted by molar-refractivity contribution is -0.161. The molecule has 0 amide bonds. The van der Waals surface area contributed by atoms with Crippen LogP contribution in [0.15, 0.2) is 0 Å². The third-order valence-electron chi connectivity index (χ3n) is 20.9. The minimum Gasteiger partial charge on any atom is -0.462 e. The molecule has 108 heavy (non-hydrogen) atoms. The third kappa shape index (κ3) is 82.1. The zero-order valence-electron chi connectivity index (χ0n) is 71.3. The molecule has 0 aromatic rings. The number of phosphoric acid groups is 2. The average Bonchev–Trinajstić information content (AvgIpc) is 0.896. The zero-order chi connectivity index (χ0) is 79.3. The van der Waals surface area contributed by atoms with Gasteiger partial charge in [-0.25, -0.2) is 9.13 Å². The number of aliphatic hydroxyl groups excluding tert-OH is 1. The van der Waals surface area contributed by atoms with Crippen LogP contribution in [-0.2, 0) is 65.4 Å². The molecule has 0 fully saturated rings. The summed E-state index contributed by atoms with van der Waals surface area (Å²) in [5.41, 5.74) is 0. The van der Waals surface area contributed by atoms with Crippen molar-refractivity contribution in [2.75, 3.05) is 39.6 Å². The number of unbranched alkanes of at least 4 members (excludes halogenated alkanes) is 55. The standard InChI is InChI=1S/C89H174O17P2/c1-8-9-10-11-12-13-14-15-16-17-18-19-20-24-27-30-33-42-49-56-63-70-86(91)99-76-84(105-88(93)72-65-58-51-44-34-31-28-25-22-21-23-26-29-32-39-46-53-60-67-80(2)3)78-103-107(95,96)101-74-83(90)75-102-108(97,98)104-79-85(106-89(94)73-66-59-52-45-38-36-41-48-55-62-69-82(6)7)77-100-87(92)71-64-57-50-43-37-35-40-47-54-61-68-81(4)5/h80-85,90H,8-79H2,1-7H3,(H,95,96)(H,97,98)/t83-,84-,85-/m1/s1. The van der Waals surface area contributed by atoms with Crippen LogP contribution in [0, 0.1) is 17.8 Å². The van der Waals surface area contributed by atoms with Crippen molar-refractivity contribution in [1.82, 2.24) is 0 Å². The minimum absolute atomic E-state index is 0.106. The van der Waals surface area contributed by atoms with Gasteiger partial charge in [0.05, 0.1) is 26.4 Å². The van der Waals surface area contributed by atoms with Gasteiger partial charge in [-0.05, 0) is 43.4 Å². The van der Waals surface area contributed by atoms with E-state index in [4.69, 9.17) is 37.0 Å². The van der Waals surface area contributed by atoms with Crippen LogP contribution in [0.3, 0.4) is 0 Å². The summed E-state index contributed by atoms with van der Waals surface area (Å²) >= 11 is 0. The monoisotopic (exact) mass is 1580 g/mol. The first-order chi connectivity index (χ1) is 52.2. The molecule has 3 N–H and O–H groups in total. The zero-order valence-corrected chi connectivity index (χ0v) is 73.1. The van der Waals surface area contributed by atoms with Crippen molar-refractivity contribution in [1.29, 1.82) is 0 Å². The lowest BCUT2D eigenvalue weighted by Gasteiger charge is -2.21. The summed E-state index contributed by atoms with van der Waals surface area (Å²) < 4.78 is 69.0. The van der Waals surface area contributed by atoms with Crippen LogP contribution in [0.1, 0.15) is 472 Å². The summed E-state index contributed by atoms with van der Waals surface area (Å²) in [6.45, 7) is 12.0. The van der Waals surface area contributed by atoms with Crippen LogP contribution in [0.25, 0.3) is 0 Å². The van der Waals surface area contributed by atoms with Gasteiger partial charge in [-0.1, -0.05) is 421 Å². The number of aliphatic hydroxyl groups is 1. The molecule has 0 aromatic carbocycles. The third-order valence-corrected chi connectivity index (χ3v) is 22.8. The van der Waals surface area contributed by atoms with E-state index in [1.807, 2.05) is 0 Å². The Bertz CT molecular complexity index is 2080. The van der Waals surface area contributed by atoms with Crippen molar-refractivity contribution in [3.05, 3.63) is 0 Å². The molecule has 642 valence electrons. The number of carbonyl (C=O) groups is 4. The van der Waals surface area contributed by atoms with Gasteiger partial charge in [-0.15, -0.1) is 0 Å². The van der Waals surface area contributed by atoms with E-state index in [0.717, 1.165) is 108 Å². The van der Waals surface area contributed by atoms with E-state index in [1.54, 1.807) is 0 Å². The fraction of sp³-hybridized carbons (Fsp3) is 0.955. The summed E-state index contributed by atoms with van der Waals surface area (Å²) in [5.74, 6) is 0.229. The van der Waals surface area contributed by atoms with E-state index in [-0.39, 0.29) is 25.7 Å². The predicted molar refractivity (Wildman–Crippen MR) is 446 cm³/mol. The largest absolute Gasteiger partial charge is 0.472 e. The quantitative estimate of drug-likeness (QED) is 0.0222. The molecule has 0 aliphatic rings. The van der Waals surface area contributed by atoms with E-state index in [9.17, 15) is 43.2 Å². The second-order valence-corrected chi connectivity index (χ2v) is 36.3. The van der Waals surface area contributed by atoms with E-state index in [2.05, 4.69) is 48.5 Å². The Morgan fingerprint density at radius 2 is 0.426 bits per heavy atom. The molecule has 0 heterocycles. The second kappa shape index (κ2) is 78.9. The highest BCUT2D eigenvalue weighted by Gasteiger charge is 2.31. The molecule has 0 aliphatic carbocycles. The maximum absolute atomic E-state index is 13.2. The fourth-order valence-corrected chi connectivity index (χ4v) is 15.5. The molecule has 0 bridgehead atoms. The van der Waals surface area contributed by atoms with Crippen molar-refractivity contribution in [2.45, 2.75) is 491 Å². The number of carbonyl (C=O) groups excluding carboxylic acids is 4. The SMILES string of the molecule is CCCCCCCCCCCCCCCCCCCCCCCC(=O)OC[C@H](COP(=O)(O)OC[C@@H](O)COP(=O)(O)OC[C@@H](COC(=O)CCCCCCCCCCCCC(C)C)OC(=O)CCCCCCCCCCCCC(C)C)OC(=O)CCCCCCCCCCCCCCCCCCCCC(C)C. The normalized spacial score (nSPS) is 13.8. The summed E-state index contributed by atoms with van der Waals surface area (Å²) in [5, 5.41) is 10.7. The van der Waals surface area contributed by atoms with Gasteiger partial charge in [0.2, 0.25) is 0 Å². The van der Waals surface area contributed by atoms with Crippen LogP contribution in [0.5, 0.6) is 0 Å². The Hall–Kier alpha value is -1.94. The molecular formula is C89H174O17P2. The highest BCUT2D eigenvalue weighted by molar-refractivity contribution is 7.47. The van der Waals surface area contributed by atoms with E-state index in [1.165, 1.54) is 283 Å². The fourth-order valence-electron chi connectivity index (χ4n) is 13.9.